The fourth-order valence-electron chi connectivity index (χ4n) is 2.99. The van der Waals surface area contributed by atoms with Gasteiger partial charge in [0.25, 0.3) is 11.8 Å². The van der Waals surface area contributed by atoms with Gasteiger partial charge < -0.3 is 10.6 Å². The maximum Gasteiger partial charge on any atom is 0.255 e. The number of anilines is 2. The van der Waals surface area contributed by atoms with E-state index >= 15 is 0 Å². The van der Waals surface area contributed by atoms with E-state index in [0.717, 1.165) is 5.56 Å². The highest BCUT2D eigenvalue weighted by Gasteiger charge is 2.14. The van der Waals surface area contributed by atoms with E-state index < -0.39 is 0 Å². The minimum atomic E-state index is -0.187. The van der Waals surface area contributed by atoms with Gasteiger partial charge in [-0.15, -0.1) is 0 Å². The molecule has 29 heavy (non-hydrogen) atoms. The molecule has 0 unspecified atom stereocenters. The van der Waals surface area contributed by atoms with Crippen LogP contribution in [-0.4, -0.2) is 11.8 Å². The number of amides is 2. The van der Waals surface area contributed by atoms with Crippen LogP contribution in [0.25, 0.3) is 0 Å². The van der Waals surface area contributed by atoms with Crippen molar-refractivity contribution in [3.8, 4) is 0 Å². The van der Waals surface area contributed by atoms with E-state index in [0.29, 0.717) is 22.5 Å². The first-order chi connectivity index (χ1) is 13.7. The van der Waals surface area contributed by atoms with E-state index in [4.69, 9.17) is 0 Å². The summed E-state index contributed by atoms with van der Waals surface area (Å²) in [5, 5.41) is 5.76. The number of benzene rings is 3. The molecule has 0 aliphatic rings. The van der Waals surface area contributed by atoms with Crippen molar-refractivity contribution in [2.75, 3.05) is 10.6 Å². The Labute approximate surface area is 172 Å². The first-order valence-electron chi connectivity index (χ1n) is 9.62. The minimum absolute atomic E-state index is 0.0405. The van der Waals surface area contributed by atoms with Gasteiger partial charge in [-0.05, 0) is 60.4 Å². The Morgan fingerprint density at radius 3 is 1.79 bits per heavy atom. The van der Waals surface area contributed by atoms with Crippen LogP contribution >= 0.6 is 0 Å². The van der Waals surface area contributed by atoms with E-state index in [-0.39, 0.29) is 17.2 Å². The van der Waals surface area contributed by atoms with E-state index in [1.165, 1.54) is 5.56 Å². The Morgan fingerprint density at radius 1 is 0.690 bits per heavy atom. The van der Waals surface area contributed by atoms with Crippen molar-refractivity contribution in [2.24, 2.45) is 0 Å². The zero-order valence-corrected chi connectivity index (χ0v) is 17.2. The minimum Gasteiger partial charge on any atom is -0.322 e. The third-order valence-electron chi connectivity index (χ3n) is 4.67. The van der Waals surface area contributed by atoms with Gasteiger partial charge in [-0.3, -0.25) is 9.59 Å². The highest BCUT2D eigenvalue weighted by molar-refractivity contribution is 6.06. The molecule has 2 N–H and O–H groups in total. The normalized spacial score (nSPS) is 11.0. The lowest BCUT2D eigenvalue weighted by atomic mass is 9.87. The molecule has 4 nitrogen and oxygen atoms in total. The highest BCUT2D eigenvalue weighted by atomic mass is 16.2. The number of rotatable bonds is 4. The van der Waals surface area contributed by atoms with Crippen LogP contribution in [0.15, 0.2) is 72.8 Å². The molecule has 0 fully saturated rings. The largest absolute Gasteiger partial charge is 0.322 e. The number of hydrogen-bond donors (Lipinski definition) is 2. The lowest BCUT2D eigenvalue weighted by Gasteiger charge is -2.19. The molecule has 0 aliphatic carbocycles. The summed E-state index contributed by atoms with van der Waals surface area (Å²) in [5.41, 5.74) is 4.67. The molecule has 3 aromatic carbocycles. The van der Waals surface area contributed by atoms with Gasteiger partial charge in [0.05, 0.1) is 0 Å². The SMILES string of the molecule is Cc1cccc(C(=O)Nc2cccc(NC(=O)c3ccc(C(C)(C)C)cc3)c2)c1. The Bertz CT molecular complexity index is 1030. The molecule has 0 spiro atoms. The summed E-state index contributed by atoms with van der Waals surface area (Å²) in [6.45, 7) is 8.36. The van der Waals surface area contributed by atoms with Crippen LogP contribution in [-0.2, 0) is 5.41 Å². The average molecular weight is 386 g/mol. The zero-order chi connectivity index (χ0) is 21.0. The predicted molar refractivity (Wildman–Crippen MR) is 119 cm³/mol. The van der Waals surface area contributed by atoms with Crippen LogP contribution in [0.3, 0.4) is 0 Å². The molecule has 0 saturated carbocycles. The molecule has 148 valence electrons. The van der Waals surface area contributed by atoms with Gasteiger partial charge in [0.1, 0.15) is 0 Å². The summed E-state index contributed by atoms with van der Waals surface area (Å²) < 4.78 is 0. The molecular formula is C25H26N2O2. The van der Waals surface area contributed by atoms with Gasteiger partial charge >= 0.3 is 0 Å². The lowest BCUT2D eigenvalue weighted by Crippen LogP contribution is -2.15. The number of nitrogens with one attached hydrogen (secondary N) is 2. The van der Waals surface area contributed by atoms with Gasteiger partial charge in [0.15, 0.2) is 0 Å². The van der Waals surface area contributed by atoms with Gasteiger partial charge in [0, 0.05) is 22.5 Å². The summed E-state index contributed by atoms with van der Waals surface area (Å²) in [5.74, 6) is -0.373. The predicted octanol–water partition coefficient (Wildman–Crippen LogP) is 5.80. The quantitative estimate of drug-likeness (QED) is 0.595. The van der Waals surface area contributed by atoms with Crippen LogP contribution in [0.5, 0.6) is 0 Å². The second-order valence-electron chi connectivity index (χ2n) is 8.19. The molecule has 0 aliphatic heterocycles. The molecule has 2 amide bonds. The molecule has 0 heterocycles. The Morgan fingerprint density at radius 2 is 1.24 bits per heavy atom. The Hall–Kier alpha value is -3.40. The van der Waals surface area contributed by atoms with Crippen molar-refractivity contribution in [1.29, 1.82) is 0 Å². The molecule has 3 aromatic rings. The van der Waals surface area contributed by atoms with Gasteiger partial charge in [-0.25, -0.2) is 0 Å². The first kappa shape index (κ1) is 20.3. The molecule has 0 saturated heterocycles. The van der Waals surface area contributed by atoms with Gasteiger partial charge in [-0.1, -0.05) is 56.7 Å². The monoisotopic (exact) mass is 386 g/mol. The van der Waals surface area contributed by atoms with E-state index in [1.54, 1.807) is 30.3 Å². The van der Waals surface area contributed by atoms with Gasteiger partial charge in [0.2, 0.25) is 0 Å². The maximum absolute atomic E-state index is 12.6. The van der Waals surface area contributed by atoms with Crippen LogP contribution in [0, 0.1) is 6.92 Å². The summed E-state index contributed by atoms with van der Waals surface area (Å²) in [7, 11) is 0. The van der Waals surface area contributed by atoms with E-state index in [9.17, 15) is 9.59 Å². The highest BCUT2D eigenvalue weighted by Crippen LogP contribution is 2.23. The molecule has 3 rings (SSSR count). The van der Waals surface area contributed by atoms with Crippen molar-refractivity contribution in [3.63, 3.8) is 0 Å². The lowest BCUT2D eigenvalue weighted by molar-refractivity contribution is 0.101. The fourth-order valence-corrected chi connectivity index (χ4v) is 2.99. The second kappa shape index (κ2) is 8.31. The summed E-state index contributed by atoms with van der Waals surface area (Å²) in [6.07, 6.45) is 0. The zero-order valence-electron chi connectivity index (χ0n) is 17.2. The number of carbonyl (C=O) groups is 2. The summed E-state index contributed by atoms with van der Waals surface area (Å²) in [4.78, 5) is 25.0. The van der Waals surface area contributed by atoms with E-state index in [1.807, 2.05) is 49.4 Å². The molecule has 0 radical (unpaired) electrons. The number of hydrogen-bond acceptors (Lipinski definition) is 2. The van der Waals surface area contributed by atoms with Crippen LogP contribution in [0.1, 0.15) is 52.6 Å². The van der Waals surface area contributed by atoms with Crippen LogP contribution in [0.2, 0.25) is 0 Å². The van der Waals surface area contributed by atoms with E-state index in [2.05, 4.69) is 31.4 Å². The smallest absolute Gasteiger partial charge is 0.255 e. The van der Waals surface area contributed by atoms with Crippen molar-refractivity contribution in [3.05, 3.63) is 95.1 Å². The second-order valence-corrected chi connectivity index (χ2v) is 8.19. The first-order valence-corrected chi connectivity index (χ1v) is 9.62. The summed E-state index contributed by atoms with van der Waals surface area (Å²) in [6, 6.07) is 22.2. The van der Waals surface area contributed by atoms with Crippen LogP contribution in [0.4, 0.5) is 11.4 Å². The molecule has 0 atom stereocenters. The molecule has 4 heteroatoms. The van der Waals surface area contributed by atoms with Crippen molar-refractivity contribution >= 4 is 23.2 Å². The molecule has 0 bridgehead atoms. The number of aryl methyl sites for hydroxylation is 1. The Balaban J connectivity index is 1.69. The number of carbonyl (C=O) groups excluding carboxylic acids is 2. The summed E-state index contributed by atoms with van der Waals surface area (Å²) >= 11 is 0. The third-order valence-corrected chi connectivity index (χ3v) is 4.67. The maximum atomic E-state index is 12.6. The van der Waals surface area contributed by atoms with Crippen molar-refractivity contribution in [2.45, 2.75) is 33.1 Å². The van der Waals surface area contributed by atoms with Crippen LogP contribution < -0.4 is 10.6 Å². The standard InChI is InChI=1S/C25H26N2O2/c1-17-7-5-8-19(15-17)24(29)27-22-10-6-9-21(16-22)26-23(28)18-11-13-20(14-12-18)25(2,3)4/h5-16H,1-4H3,(H,26,28)(H,27,29). The van der Waals surface area contributed by atoms with Crippen molar-refractivity contribution < 1.29 is 9.59 Å². The molecule has 0 aromatic heterocycles. The van der Waals surface area contributed by atoms with Crippen molar-refractivity contribution in [1.82, 2.24) is 0 Å². The third kappa shape index (κ3) is 5.32. The average Bonchev–Trinajstić information content (AvgIpc) is 2.67. The van der Waals surface area contributed by atoms with Gasteiger partial charge in [-0.2, -0.15) is 0 Å². The topological polar surface area (TPSA) is 58.2 Å². The molecular weight excluding hydrogens is 360 g/mol. The Kier molecular flexibility index (Phi) is 5.83. The fraction of sp³-hybridized carbons (Fsp3) is 0.200.